The lowest BCUT2D eigenvalue weighted by atomic mass is 10.0. The summed E-state index contributed by atoms with van der Waals surface area (Å²) in [7, 11) is 1.62. The Morgan fingerprint density at radius 1 is 1.21 bits per heavy atom. The minimum atomic E-state index is 0.561. The lowest BCUT2D eigenvalue weighted by Gasteiger charge is -2.11. The summed E-state index contributed by atoms with van der Waals surface area (Å²) < 4.78 is 5.29. The third-order valence-corrected chi connectivity index (χ3v) is 2.99. The van der Waals surface area contributed by atoms with Crippen molar-refractivity contribution >= 4 is 0 Å². The molecular formula is C15H19N3O. The van der Waals surface area contributed by atoms with E-state index in [0.717, 1.165) is 24.3 Å². The number of aromatic nitrogens is 2. The molecule has 19 heavy (non-hydrogen) atoms. The summed E-state index contributed by atoms with van der Waals surface area (Å²) in [5.74, 6) is 0.561. The average Bonchev–Trinajstić information content (AvgIpc) is 2.46. The van der Waals surface area contributed by atoms with Crippen molar-refractivity contribution < 1.29 is 4.74 Å². The third kappa shape index (κ3) is 3.09. The first-order valence-electron chi connectivity index (χ1n) is 6.42. The second-order valence-electron chi connectivity index (χ2n) is 4.34. The van der Waals surface area contributed by atoms with Crippen LogP contribution in [0.4, 0.5) is 0 Å². The van der Waals surface area contributed by atoms with E-state index in [1.165, 1.54) is 11.1 Å². The molecule has 0 radical (unpaired) electrons. The summed E-state index contributed by atoms with van der Waals surface area (Å²) in [6.45, 7) is 5.98. The Balaban J connectivity index is 2.42. The minimum absolute atomic E-state index is 0.561. The second kappa shape index (κ2) is 6.29. The molecule has 0 saturated heterocycles. The lowest BCUT2D eigenvalue weighted by Crippen LogP contribution is -2.11. The van der Waals surface area contributed by atoms with Crippen LogP contribution in [0.2, 0.25) is 0 Å². The zero-order chi connectivity index (χ0) is 13.7. The van der Waals surface area contributed by atoms with Gasteiger partial charge in [0.2, 0.25) is 5.88 Å². The molecule has 0 saturated carbocycles. The first-order chi connectivity index (χ1) is 9.26. The molecule has 0 aliphatic heterocycles. The fourth-order valence-electron chi connectivity index (χ4n) is 1.96. The molecule has 100 valence electrons. The number of hydrogen-bond donors (Lipinski definition) is 1. The summed E-state index contributed by atoms with van der Waals surface area (Å²) in [6.07, 6.45) is 3.33. The van der Waals surface area contributed by atoms with Crippen molar-refractivity contribution in [2.75, 3.05) is 13.7 Å². The number of rotatable bonds is 5. The highest BCUT2D eigenvalue weighted by Crippen LogP contribution is 2.28. The van der Waals surface area contributed by atoms with E-state index in [9.17, 15) is 0 Å². The summed E-state index contributed by atoms with van der Waals surface area (Å²) in [5, 5.41) is 3.32. The summed E-state index contributed by atoms with van der Waals surface area (Å²) in [4.78, 5) is 8.60. The molecule has 0 atom stereocenters. The van der Waals surface area contributed by atoms with Crippen molar-refractivity contribution in [3.63, 3.8) is 0 Å². The molecule has 0 aliphatic carbocycles. The highest BCUT2D eigenvalue weighted by molar-refractivity contribution is 5.68. The maximum atomic E-state index is 5.29. The predicted molar refractivity (Wildman–Crippen MR) is 76.1 cm³/mol. The van der Waals surface area contributed by atoms with E-state index in [4.69, 9.17) is 4.74 Å². The number of ether oxygens (including phenoxy) is 1. The van der Waals surface area contributed by atoms with Gasteiger partial charge in [-0.1, -0.05) is 19.1 Å². The van der Waals surface area contributed by atoms with Gasteiger partial charge in [0.25, 0.3) is 0 Å². The van der Waals surface area contributed by atoms with Crippen LogP contribution in [0.25, 0.3) is 11.3 Å². The number of aryl methyl sites for hydroxylation is 1. The Bertz CT molecular complexity index is 555. The van der Waals surface area contributed by atoms with Gasteiger partial charge in [0.1, 0.15) is 5.69 Å². The zero-order valence-corrected chi connectivity index (χ0v) is 11.6. The van der Waals surface area contributed by atoms with Crippen molar-refractivity contribution in [2.45, 2.75) is 20.4 Å². The fraction of sp³-hybridized carbons (Fsp3) is 0.333. The summed E-state index contributed by atoms with van der Waals surface area (Å²) >= 11 is 0. The topological polar surface area (TPSA) is 47.0 Å². The highest BCUT2D eigenvalue weighted by atomic mass is 16.5. The normalized spacial score (nSPS) is 10.5. The van der Waals surface area contributed by atoms with E-state index in [0.29, 0.717) is 5.88 Å². The van der Waals surface area contributed by atoms with Crippen molar-refractivity contribution in [1.29, 1.82) is 0 Å². The molecule has 2 aromatic rings. The Labute approximate surface area is 113 Å². The highest BCUT2D eigenvalue weighted by Gasteiger charge is 2.11. The monoisotopic (exact) mass is 257 g/mol. The Morgan fingerprint density at radius 2 is 2.00 bits per heavy atom. The van der Waals surface area contributed by atoms with E-state index in [-0.39, 0.29) is 0 Å². The van der Waals surface area contributed by atoms with Crippen LogP contribution in [0.3, 0.4) is 0 Å². The molecule has 0 aliphatic rings. The van der Waals surface area contributed by atoms with Crippen LogP contribution >= 0.6 is 0 Å². The van der Waals surface area contributed by atoms with E-state index in [1.54, 1.807) is 19.5 Å². The minimum Gasteiger partial charge on any atom is -0.479 e. The van der Waals surface area contributed by atoms with Gasteiger partial charge in [-0.2, -0.15) is 0 Å². The largest absolute Gasteiger partial charge is 0.479 e. The van der Waals surface area contributed by atoms with Crippen molar-refractivity contribution in [3.8, 4) is 17.1 Å². The Morgan fingerprint density at radius 3 is 2.74 bits per heavy atom. The Hall–Kier alpha value is -1.94. The molecule has 2 rings (SSSR count). The summed E-state index contributed by atoms with van der Waals surface area (Å²) in [5.41, 5.74) is 4.26. The lowest BCUT2D eigenvalue weighted by molar-refractivity contribution is 0.397. The maximum absolute atomic E-state index is 5.29. The molecule has 4 heteroatoms. The number of benzene rings is 1. The molecule has 0 fully saturated rings. The predicted octanol–water partition coefficient (Wildman–Crippen LogP) is 2.57. The molecule has 1 N–H and O–H groups in total. The van der Waals surface area contributed by atoms with Crippen molar-refractivity contribution in [3.05, 3.63) is 41.7 Å². The van der Waals surface area contributed by atoms with Gasteiger partial charge in [-0.15, -0.1) is 0 Å². The zero-order valence-electron chi connectivity index (χ0n) is 11.6. The van der Waals surface area contributed by atoms with E-state index in [2.05, 4.69) is 47.3 Å². The third-order valence-electron chi connectivity index (χ3n) is 2.99. The SMILES string of the molecule is CCNCc1ccc(C)c(-c2nccnc2OC)c1. The van der Waals surface area contributed by atoms with Gasteiger partial charge in [-0.3, -0.25) is 0 Å². The van der Waals surface area contributed by atoms with E-state index >= 15 is 0 Å². The molecular weight excluding hydrogens is 238 g/mol. The van der Waals surface area contributed by atoms with Gasteiger partial charge in [0.05, 0.1) is 7.11 Å². The van der Waals surface area contributed by atoms with Crippen LogP contribution in [0.15, 0.2) is 30.6 Å². The number of nitrogens with zero attached hydrogens (tertiary/aromatic N) is 2. The molecule has 0 unspecified atom stereocenters. The van der Waals surface area contributed by atoms with Crippen LogP contribution in [-0.2, 0) is 6.54 Å². The van der Waals surface area contributed by atoms with Crippen LogP contribution in [-0.4, -0.2) is 23.6 Å². The first-order valence-corrected chi connectivity index (χ1v) is 6.42. The molecule has 1 aromatic heterocycles. The molecule has 1 heterocycles. The van der Waals surface area contributed by atoms with Crippen LogP contribution in [0.5, 0.6) is 5.88 Å². The van der Waals surface area contributed by atoms with Crippen LogP contribution < -0.4 is 10.1 Å². The maximum Gasteiger partial charge on any atom is 0.240 e. The quantitative estimate of drug-likeness (QED) is 0.894. The van der Waals surface area contributed by atoms with Gasteiger partial charge in [-0.05, 0) is 30.7 Å². The van der Waals surface area contributed by atoms with Gasteiger partial charge in [-0.25, -0.2) is 9.97 Å². The number of nitrogens with one attached hydrogen (secondary N) is 1. The van der Waals surface area contributed by atoms with Gasteiger partial charge in [0, 0.05) is 24.5 Å². The standard InChI is InChI=1S/C15H19N3O/c1-4-16-10-12-6-5-11(2)13(9-12)14-15(19-3)18-8-7-17-14/h5-9,16H,4,10H2,1-3H3. The molecule has 0 bridgehead atoms. The Kier molecular flexibility index (Phi) is 4.47. The van der Waals surface area contributed by atoms with Gasteiger partial charge >= 0.3 is 0 Å². The number of hydrogen-bond acceptors (Lipinski definition) is 4. The van der Waals surface area contributed by atoms with Crippen molar-refractivity contribution in [2.24, 2.45) is 0 Å². The molecule has 4 nitrogen and oxygen atoms in total. The van der Waals surface area contributed by atoms with E-state index in [1.807, 2.05) is 0 Å². The van der Waals surface area contributed by atoms with Crippen LogP contribution in [0, 0.1) is 6.92 Å². The molecule has 1 aromatic carbocycles. The number of methoxy groups -OCH3 is 1. The average molecular weight is 257 g/mol. The summed E-state index contributed by atoms with van der Waals surface area (Å²) in [6, 6.07) is 6.38. The van der Waals surface area contributed by atoms with Gasteiger partial charge < -0.3 is 10.1 Å². The van der Waals surface area contributed by atoms with Crippen LogP contribution in [0.1, 0.15) is 18.1 Å². The molecule has 0 spiro atoms. The molecule has 0 amide bonds. The van der Waals surface area contributed by atoms with Gasteiger partial charge in [0.15, 0.2) is 0 Å². The second-order valence-corrected chi connectivity index (χ2v) is 4.34. The first kappa shape index (κ1) is 13.5. The van der Waals surface area contributed by atoms with E-state index < -0.39 is 0 Å². The van der Waals surface area contributed by atoms with Crippen molar-refractivity contribution in [1.82, 2.24) is 15.3 Å². The fourth-order valence-corrected chi connectivity index (χ4v) is 1.96. The smallest absolute Gasteiger partial charge is 0.240 e.